The highest BCUT2D eigenvalue weighted by Gasteiger charge is 2.58. The van der Waals surface area contributed by atoms with E-state index in [9.17, 15) is 9.59 Å². The predicted octanol–water partition coefficient (Wildman–Crippen LogP) is 3.30. The monoisotopic (exact) mass is 528 g/mol. The van der Waals surface area contributed by atoms with E-state index in [1.807, 2.05) is 49.4 Å². The SMILES string of the molecule is CCNC(=O)[C@H]1O[C@@H](n2cnc3c(NC(=O)c4ccc(-c5ccccc5)cc4)ncnc32)[C@@H]2OC(C)(C)O[C@@H]21. The number of carbonyl (C=O) groups is 2. The van der Waals surface area contributed by atoms with Crippen LogP contribution >= 0.6 is 0 Å². The maximum atomic E-state index is 13.1. The number of likely N-dealkylation sites (N-methyl/N-ethyl adjacent to an activating group) is 1. The van der Waals surface area contributed by atoms with Gasteiger partial charge in [0.2, 0.25) is 0 Å². The molecule has 2 amide bonds. The van der Waals surface area contributed by atoms with Crippen LogP contribution in [0.5, 0.6) is 0 Å². The molecule has 0 bridgehead atoms. The number of amides is 2. The third-order valence-corrected chi connectivity index (χ3v) is 6.76. The zero-order valence-corrected chi connectivity index (χ0v) is 21.7. The highest BCUT2D eigenvalue weighted by molar-refractivity contribution is 6.06. The summed E-state index contributed by atoms with van der Waals surface area (Å²) in [5.74, 6) is -1.23. The van der Waals surface area contributed by atoms with Crippen LogP contribution in [0.4, 0.5) is 5.82 Å². The van der Waals surface area contributed by atoms with Crippen molar-refractivity contribution in [1.82, 2.24) is 24.8 Å². The molecule has 4 atom stereocenters. The summed E-state index contributed by atoms with van der Waals surface area (Å²) in [7, 11) is 0. The number of benzene rings is 2. The van der Waals surface area contributed by atoms with Crippen molar-refractivity contribution in [2.75, 3.05) is 11.9 Å². The minimum absolute atomic E-state index is 0.259. The van der Waals surface area contributed by atoms with Crippen molar-refractivity contribution in [1.29, 1.82) is 0 Å². The number of imidazole rings is 1. The Hall–Kier alpha value is -4.19. The van der Waals surface area contributed by atoms with Gasteiger partial charge in [0.05, 0.1) is 6.33 Å². The second-order valence-corrected chi connectivity index (χ2v) is 9.85. The molecule has 2 aromatic heterocycles. The molecule has 4 heterocycles. The van der Waals surface area contributed by atoms with Gasteiger partial charge in [-0.15, -0.1) is 0 Å². The molecule has 39 heavy (non-hydrogen) atoms. The Balaban J connectivity index is 1.26. The third kappa shape index (κ3) is 4.65. The summed E-state index contributed by atoms with van der Waals surface area (Å²) in [5.41, 5.74) is 3.36. The van der Waals surface area contributed by atoms with E-state index >= 15 is 0 Å². The van der Waals surface area contributed by atoms with Gasteiger partial charge < -0.3 is 24.8 Å². The van der Waals surface area contributed by atoms with Gasteiger partial charge in [-0.05, 0) is 44.0 Å². The van der Waals surface area contributed by atoms with Crippen LogP contribution in [-0.4, -0.2) is 62.0 Å². The van der Waals surface area contributed by atoms with E-state index in [1.165, 1.54) is 6.33 Å². The normalized spacial score (nSPS) is 23.5. The second-order valence-electron chi connectivity index (χ2n) is 9.85. The van der Waals surface area contributed by atoms with Gasteiger partial charge >= 0.3 is 0 Å². The molecule has 6 rings (SSSR count). The van der Waals surface area contributed by atoms with Crippen molar-refractivity contribution in [3.8, 4) is 11.1 Å². The first-order valence-corrected chi connectivity index (χ1v) is 12.8. The van der Waals surface area contributed by atoms with Crippen molar-refractivity contribution in [3.05, 3.63) is 72.8 Å². The highest BCUT2D eigenvalue weighted by atomic mass is 16.8. The second kappa shape index (κ2) is 9.84. The largest absolute Gasteiger partial charge is 0.354 e. The smallest absolute Gasteiger partial charge is 0.256 e. The van der Waals surface area contributed by atoms with Gasteiger partial charge in [-0.1, -0.05) is 42.5 Å². The molecule has 2 aromatic carbocycles. The van der Waals surface area contributed by atoms with E-state index in [2.05, 4.69) is 25.6 Å². The lowest BCUT2D eigenvalue weighted by Gasteiger charge is -2.24. The standard InChI is InChI=1S/C28H28N6O5/c1-4-29-26(36)21-20-22(39-28(2,3)38-20)27(37-21)34-15-32-19-23(30-14-31-24(19)34)33-25(35)18-12-10-17(11-13-18)16-8-6-5-7-9-16/h5-15,20-22,27H,4H2,1-3H3,(H,29,36)(H,30,31,33,35)/t20-,21+,22-,27-/m1/s1. The van der Waals surface area contributed by atoms with Crippen molar-refractivity contribution < 1.29 is 23.8 Å². The molecule has 0 unspecified atom stereocenters. The van der Waals surface area contributed by atoms with E-state index in [-0.39, 0.29) is 17.6 Å². The van der Waals surface area contributed by atoms with Gasteiger partial charge in [-0.2, -0.15) is 0 Å². The van der Waals surface area contributed by atoms with Crippen LogP contribution in [0.3, 0.4) is 0 Å². The third-order valence-electron chi connectivity index (χ3n) is 6.76. The summed E-state index contributed by atoms with van der Waals surface area (Å²) in [5, 5.41) is 5.63. The van der Waals surface area contributed by atoms with Crippen LogP contribution in [0.25, 0.3) is 22.3 Å². The van der Waals surface area contributed by atoms with Crippen LogP contribution in [0.15, 0.2) is 67.3 Å². The summed E-state index contributed by atoms with van der Waals surface area (Å²) in [6, 6.07) is 17.3. The lowest BCUT2D eigenvalue weighted by molar-refractivity contribution is -0.197. The van der Waals surface area contributed by atoms with Gasteiger partial charge in [0.25, 0.3) is 11.8 Å². The quantitative estimate of drug-likeness (QED) is 0.390. The summed E-state index contributed by atoms with van der Waals surface area (Å²) in [4.78, 5) is 38.9. The minimum atomic E-state index is -0.886. The number of hydrogen-bond acceptors (Lipinski definition) is 8. The number of anilines is 1. The first-order valence-electron chi connectivity index (χ1n) is 12.8. The first-order chi connectivity index (χ1) is 18.8. The molecule has 0 aliphatic carbocycles. The highest BCUT2D eigenvalue weighted by Crippen LogP contribution is 2.44. The predicted molar refractivity (Wildman–Crippen MR) is 142 cm³/mol. The topological polar surface area (TPSA) is 129 Å². The van der Waals surface area contributed by atoms with Gasteiger partial charge in [0.15, 0.2) is 35.1 Å². The maximum absolute atomic E-state index is 13.1. The van der Waals surface area contributed by atoms with Crippen LogP contribution in [0.1, 0.15) is 37.4 Å². The Kier molecular flexibility index (Phi) is 6.34. The Bertz CT molecular complexity index is 1520. The number of carbonyl (C=O) groups excluding carboxylic acids is 2. The van der Waals surface area contributed by atoms with Crippen molar-refractivity contribution in [2.24, 2.45) is 0 Å². The van der Waals surface area contributed by atoms with E-state index in [4.69, 9.17) is 14.2 Å². The lowest BCUT2D eigenvalue weighted by Crippen LogP contribution is -2.42. The van der Waals surface area contributed by atoms with Crippen LogP contribution in [-0.2, 0) is 19.0 Å². The average molecular weight is 529 g/mol. The molecule has 0 radical (unpaired) electrons. The van der Waals surface area contributed by atoms with E-state index < -0.39 is 30.3 Å². The molecular formula is C28H28N6O5. The zero-order valence-electron chi connectivity index (χ0n) is 21.7. The number of aromatic nitrogens is 4. The summed E-state index contributed by atoms with van der Waals surface area (Å²) in [6.07, 6.45) is 0.130. The average Bonchev–Trinajstić information content (AvgIpc) is 3.60. The fraction of sp³-hybridized carbons (Fsp3) is 0.321. The number of rotatable bonds is 6. The first kappa shape index (κ1) is 25.1. The Morgan fingerprint density at radius 3 is 2.41 bits per heavy atom. The summed E-state index contributed by atoms with van der Waals surface area (Å²) in [6.45, 7) is 5.90. The van der Waals surface area contributed by atoms with Crippen LogP contribution in [0.2, 0.25) is 0 Å². The van der Waals surface area contributed by atoms with Crippen molar-refractivity contribution in [3.63, 3.8) is 0 Å². The van der Waals surface area contributed by atoms with Crippen LogP contribution < -0.4 is 10.6 Å². The fourth-order valence-electron chi connectivity index (χ4n) is 5.04. The summed E-state index contributed by atoms with van der Waals surface area (Å²) >= 11 is 0. The molecule has 4 aromatic rings. The number of fused-ring (bicyclic) bond motifs is 2. The number of hydrogen-bond donors (Lipinski definition) is 2. The number of ether oxygens (including phenoxy) is 3. The van der Waals surface area contributed by atoms with Crippen molar-refractivity contribution in [2.45, 2.75) is 51.1 Å². The van der Waals surface area contributed by atoms with Gasteiger partial charge in [-0.3, -0.25) is 14.2 Å². The number of nitrogens with one attached hydrogen (secondary N) is 2. The maximum Gasteiger partial charge on any atom is 0.256 e. The van der Waals surface area contributed by atoms with Gasteiger partial charge in [0, 0.05) is 12.1 Å². The van der Waals surface area contributed by atoms with E-state index in [1.54, 1.807) is 36.9 Å². The lowest BCUT2D eigenvalue weighted by atomic mass is 10.0. The molecule has 2 fully saturated rings. The molecular weight excluding hydrogens is 500 g/mol. The van der Waals surface area contributed by atoms with E-state index in [0.717, 1.165) is 11.1 Å². The van der Waals surface area contributed by atoms with Crippen molar-refractivity contribution >= 4 is 28.8 Å². The molecule has 0 spiro atoms. The molecule has 2 N–H and O–H groups in total. The zero-order chi connectivity index (χ0) is 27.1. The molecule has 0 saturated carbocycles. The molecule has 11 nitrogen and oxygen atoms in total. The van der Waals surface area contributed by atoms with Crippen LogP contribution in [0, 0.1) is 0 Å². The molecule has 11 heteroatoms. The minimum Gasteiger partial charge on any atom is -0.354 e. The Morgan fingerprint density at radius 1 is 0.949 bits per heavy atom. The fourth-order valence-corrected chi connectivity index (χ4v) is 5.04. The van der Waals surface area contributed by atoms with E-state index in [0.29, 0.717) is 23.3 Å². The van der Waals surface area contributed by atoms with Gasteiger partial charge in [-0.25, -0.2) is 15.0 Å². The van der Waals surface area contributed by atoms with Gasteiger partial charge in [0.1, 0.15) is 18.5 Å². The molecule has 2 aliphatic rings. The Morgan fingerprint density at radius 2 is 1.67 bits per heavy atom. The Labute approximate surface area is 224 Å². The molecule has 200 valence electrons. The summed E-state index contributed by atoms with van der Waals surface area (Å²) < 4.78 is 20.0. The number of nitrogens with zero attached hydrogens (tertiary/aromatic N) is 4. The molecule has 2 aliphatic heterocycles. The molecule has 2 saturated heterocycles.